The van der Waals surface area contributed by atoms with Crippen molar-refractivity contribution in [3.63, 3.8) is 0 Å². The van der Waals surface area contributed by atoms with Crippen LogP contribution in [0.5, 0.6) is 0 Å². The fourth-order valence-electron chi connectivity index (χ4n) is 1.37. The minimum Gasteiger partial charge on any atom is -0.382 e. The molecule has 0 aromatic heterocycles. The van der Waals surface area contributed by atoms with Crippen molar-refractivity contribution in [2.75, 3.05) is 24.7 Å². The molecule has 0 heterocycles. The van der Waals surface area contributed by atoms with Crippen LogP contribution in [0, 0.1) is 20.2 Å². The zero-order valence-electron chi connectivity index (χ0n) is 8.68. The molecule has 0 unspecified atom stereocenters. The van der Waals surface area contributed by atoms with E-state index in [2.05, 4.69) is 10.6 Å². The van der Waals surface area contributed by atoms with E-state index in [-0.39, 0.29) is 22.7 Å². The Bertz CT molecular complexity index is 446. The minimum atomic E-state index is -0.668. The van der Waals surface area contributed by atoms with Crippen LogP contribution in [0.2, 0.25) is 0 Å². The van der Waals surface area contributed by atoms with Gasteiger partial charge in [-0.25, -0.2) is 0 Å². The molecule has 86 valence electrons. The number of nitro groups is 2. The van der Waals surface area contributed by atoms with E-state index in [4.69, 9.17) is 0 Å². The van der Waals surface area contributed by atoms with Crippen molar-refractivity contribution in [2.45, 2.75) is 0 Å². The molecular formula is C8H10N4O4. The molecule has 8 heteroatoms. The van der Waals surface area contributed by atoms with Gasteiger partial charge >= 0.3 is 5.69 Å². The van der Waals surface area contributed by atoms with Crippen molar-refractivity contribution in [2.24, 2.45) is 0 Å². The smallest absolute Gasteiger partial charge is 0.322 e. The summed E-state index contributed by atoms with van der Waals surface area (Å²) in [4.78, 5) is 20.2. The topological polar surface area (TPSA) is 110 Å². The van der Waals surface area contributed by atoms with E-state index in [1.807, 2.05) is 0 Å². The van der Waals surface area contributed by atoms with Crippen molar-refractivity contribution >= 4 is 22.7 Å². The molecule has 0 fully saturated rings. The van der Waals surface area contributed by atoms with Gasteiger partial charge in [0.15, 0.2) is 5.69 Å². The number of benzene rings is 1. The zero-order chi connectivity index (χ0) is 12.3. The van der Waals surface area contributed by atoms with Gasteiger partial charge in [0.2, 0.25) is 0 Å². The Balaban J connectivity index is 3.56. The average molecular weight is 226 g/mol. The molecule has 1 aromatic carbocycles. The summed E-state index contributed by atoms with van der Waals surface area (Å²) in [5.74, 6) is 0. The number of anilines is 2. The summed E-state index contributed by atoms with van der Waals surface area (Å²) in [6.07, 6.45) is 0. The maximum Gasteiger partial charge on any atom is 0.322 e. The Kier molecular flexibility index (Phi) is 3.24. The summed E-state index contributed by atoms with van der Waals surface area (Å²) in [7, 11) is 2.91. The average Bonchev–Trinajstić information content (AvgIpc) is 2.26. The Morgan fingerprint density at radius 3 is 2.06 bits per heavy atom. The normalized spacial score (nSPS) is 9.62. The third-order valence-corrected chi connectivity index (χ3v) is 2.05. The van der Waals surface area contributed by atoms with Crippen LogP contribution >= 0.6 is 0 Å². The van der Waals surface area contributed by atoms with Crippen molar-refractivity contribution in [3.8, 4) is 0 Å². The van der Waals surface area contributed by atoms with Crippen molar-refractivity contribution in [1.29, 1.82) is 0 Å². The molecule has 1 aromatic rings. The van der Waals surface area contributed by atoms with E-state index in [1.54, 1.807) is 0 Å². The molecule has 0 spiro atoms. The summed E-state index contributed by atoms with van der Waals surface area (Å²) >= 11 is 0. The van der Waals surface area contributed by atoms with Crippen LogP contribution in [0.25, 0.3) is 0 Å². The lowest BCUT2D eigenvalue weighted by atomic mass is 10.2. The molecule has 0 aliphatic heterocycles. The van der Waals surface area contributed by atoms with Gasteiger partial charge in [-0.15, -0.1) is 0 Å². The first-order valence-electron chi connectivity index (χ1n) is 4.34. The van der Waals surface area contributed by atoms with Crippen LogP contribution in [0.1, 0.15) is 0 Å². The summed E-state index contributed by atoms with van der Waals surface area (Å²) < 4.78 is 0. The van der Waals surface area contributed by atoms with Gasteiger partial charge in [0, 0.05) is 20.2 Å². The van der Waals surface area contributed by atoms with Crippen LogP contribution in [-0.4, -0.2) is 23.9 Å². The maximum atomic E-state index is 10.8. The van der Waals surface area contributed by atoms with Gasteiger partial charge in [-0.2, -0.15) is 0 Å². The Morgan fingerprint density at radius 2 is 1.69 bits per heavy atom. The van der Waals surface area contributed by atoms with Crippen LogP contribution in [-0.2, 0) is 0 Å². The monoisotopic (exact) mass is 226 g/mol. The highest BCUT2D eigenvalue weighted by Crippen LogP contribution is 2.39. The predicted molar refractivity (Wildman–Crippen MR) is 58.8 cm³/mol. The van der Waals surface area contributed by atoms with Gasteiger partial charge in [0.1, 0.15) is 5.69 Å². The fourth-order valence-corrected chi connectivity index (χ4v) is 1.37. The van der Waals surface area contributed by atoms with Gasteiger partial charge in [-0.3, -0.25) is 20.2 Å². The van der Waals surface area contributed by atoms with E-state index >= 15 is 0 Å². The quantitative estimate of drug-likeness (QED) is 0.595. The molecule has 0 radical (unpaired) electrons. The second-order valence-corrected chi connectivity index (χ2v) is 2.87. The lowest BCUT2D eigenvalue weighted by molar-refractivity contribution is -0.391. The first-order valence-corrected chi connectivity index (χ1v) is 4.34. The molecule has 0 amide bonds. The molecule has 0 aliphatic rings. The fraction of sp³-hybridized carbons (Fsp3) is 0.250. The molecule has 0 saturated heterocycles. The summed E-state index contributed by atoms with van der Waals surface area (Å²) in [6, 6.07) is 2.52. The Morgan fingerprint density at radius 1 is 1.06 bits per heavy atom. The zero-order valence-corrected chi connectivity index (χ0v) is 8.68. The highest BCUT2D eigenvalue weighted by Gasteiger charge is 2.27. The largest absolute Gasteiger partial charge is 0.382 e. The summed E-state index contributed by atoms with van der Waals surface area (Å²) in [5, 5.41) is 26.6. The van der Waals surface area contributed by atoms with Gasteiger partial charge in [-0.05, 0) is 6.07 Å². The van der Waals surface area contributed by atoms with Crippen LogP contribution in [0.15, 0.2) is 12.1 Å². The van der Waals surface area contributed by atoms with Crippen LogP contribution < -0.4 is 10.6 Å². The maximum absolute atomic E-state index is 10.8. The van der Waals surface area contributed by atoms with Crippen molar-refractivity contribution in [1.82, 2.24) is 0 Å². The molecule has 1 rings (SSSR count). The SMILES string of the molecule is CNc1ccc([N+](=O)[O-])c(NC)c1[N+](=O)[O-]. The molecule has 16 heavy (non-hydrogen) atoms. The first kappa shape index (κ1) is 11.7. The Hall–Kier alpha value is -2.38. The summed E-state index contributed by atoms with van der Waals surface area (Å²) in [6.45, 7) is 0. The molecular weight excluding hydrogens is 216 g/mol. The molecule has 0 bridgehead atoms. The van der Waals surface area contributed by atoms with E-state index in [0.29, 0.717) is 0 Å². The van der Waals surface area contributed by atoms with Crippen molar-refractivity contribution in [3.05, 3.63) is 32.4 Å². The third-order valence-electron chi connectivity index (χ3n) is 2.05. The number of hydrogen-bond donors (Lipinski definition) is 2. The number of nitrogens with zero attached hydrogens (tertiary/aromatic N) is 2. The lowest BCUT2D eigenvalue weighted by Crippen LogP contribution is -2.04. The molecule has 0 aliphatic carbocycles. The number of rotatable bonds is 4. The van der Waals surface area contributed by atoms with E-state index in [0.717, 1.165) is 0 Å². The predicted octanol–water partition coefficient (Wildman–Crippen LogP) is 1.59. The summed E-state index contributed by atoms with van der Waals surface area (Å²) in [5.41, 5.74) is -0.547. The second-order valence-electron chi connectivity index (χ2n) is 2.87. The third kappa shape index (κ3) is 1.85. The second kappa shape index (κ2) is 4.43. The van der Waals surface area contributed by atoms with Gasteiger partial charge < -0.3 is 10.6 Å². The van der Waals surface area contributed by atoms with Gasteiger partial charge in [-0.1, -0.05) is 0 Å². The van der Waals surface area contributed by atoms with Crippen molar-refractivity contribution < 1.29 is 9.85 Å². The highest BCUT2D eigenvalue weighted by atomic mass is 16.6. The van der Waals surface area contributed by atoms with Gasteiger partial charge in [0.05, 0.1) is 9.85 Å². The molecule has 0 saturated carbocycles. The minimum absolute atomic E-state index is 0.109. The number of hydrogen-bond acceptors (Lipinski definition) is 6. The highest BCUT2D eigenvalue weighted by molar-refractivity contribution is 5.83. The lowest BCUT2D eigenvalue weighted by Gasteiger charge is -2.07. The standard InChI is InChI=1S/C8H10N4O4/c1-9-5-3-4-6(11(13)14)7(10-2)8(5)12(15)16/h3-4,9-10H,1-2H3. The van der Waals surface area contributed by atoms with E-state index in [9.17, 15) is 20.2 Å². The number of nitrogens with one attached hydrogen (secondary N) is 2. The number of nitro benzene ring substituents is 2. The molecule has 8 nitrogen and oxygen atoms in total. The molecule has 0 atom stereocenters. The van der Waals surface area contributed by atoms with Gasteiger partial charge in [0.25, 0.3) is 5.69 Å². The van der Waals surface area contributed by atoms with Crippen LogP contribution in [0.4, 0.5) is 22.7 Å². The van der Waals surface area contributed by atoms with Crippen LogP contribution in [0.3, 0.4) is 0 Å². The first-order chi connectivity index (χ1) is 7.52. The Labute approximate surface area is 90.6 Å². The van der Waals surface area contributed by atoms with E-state index in [1.165, 1.54) is 26.2 Å². The van der Waals surface area contributed by atoms with E-state index < -0.39 is 9.85 Å². The molecule has 2 N–H and O–H groups in total.